The molecule has 33 heavy (non-hydrogen) atoms. The molecule has 0 saturated carbocycles. The van der Waals surface area contributed by atoms with Crippen molar-refractivity contribution in [3.05, 3.63) is 75.9 Å². The minimum atomic E-state index is -0.261. The first-order valence-corrected chi connectivity index (χ1v) is 11.8. The van der Waals surface area contributed by atoms with Gasteiger partial charge in [-0.05, 0) is 54.6 Å². The summed E-state index contributed by atoms with van der Waals surface area (Å²) in [7, 11) is 1.46. The summed E-state index contributed by atoms with van der Waals surface area (Å²) < 4.78 is 16.5. The smallest absolute Gasteiger partial charge is 0.249 e. The number of thiophene rings is 1. The Morgan fingerprint density at radius 2 is 2.03 bits per heavy atom. The SMILES string of the molecule is COCC(=O)N(CC(=O)N1CCc2sccc2[C@H]1COc1ccc(C)cc1)Cc1ccco1. The normalized spacial score (nSPS) is 15.2. The van der Waals surface area contributed by atoms with E-state index in [2.05, 4.69) is 11.4 Å². The van der Waals surface area contributed by atoms with Crippen molar-refractivity contribution in [2.45, 2.75) is 25.9 Å². The monoisotopic (exact) mass is 468 g/mol. The van der Waals surface area contributed by atoms with Crippen LogP contribution in [0.5, 0.6) is 5.75 Å². The molecular formula is C25H28N2O5S. The Balaban J connectivity index is 1.50. The van der Waals surface area contributed by atoms with E-state index >= 15 is 0 Å². The molecule has 3 aromatic rings. The zero-order valence-corrected chi connectivity index (χ0v) is 19.7. The number of furan rings is 1. The standard InChI is InChI=1S/C25H28N2O5S/c1-18-5-7-19(8-6-18)32-16-22-21-10-13-33-23(21)9-11-27(22)24(28)15-26(25(29)17-30-2)14-20-4-3-12-31-20/h3-8,10,12-13,22H,9,11,14-17H2,1-2H3/t22-/m1/s1. The van der Waals surface area contributed by atoms with Gasteiger partial charge in [-0.25, -0.2) is 0 Å². The third kappa shape index (κ3) is 5.64. The number of methoxy groups -OCH3 is 1. The van der Waals surface area contributed by atoms with Crippen LogP contribution in [0.3, 0.4) is 0 Å². The van der Waals surface area contributed by atoms with E-state index in [4.69, 9.17) is 13.9 Å². The average molecular weight is 469 g/mol. The number of hydrogen-bond donors (Lipinski definition) is 0. The molecular weight excluding hydrogens is 440 g/mol. The van der Waals surface area contributed by atoms with Gasteiger partial charge < -0.3 is 23.7 Å². The van der Waals surface area contributed by atoms with Crippen LogP contribution < -0.4 is 4.74 Å². The highest BCUT2D eigenvalue weighted by Crippen LogP contribution is 2.34. The number of amides is 2. The number of rotatable bonds is 9. The average Bonchev–Trinajstić information content (AvgIpc) is 3.50. The van der Waals surface area contributed by atoms with E-state index in [0.717, 1.165) is 23.3 Å². The molecule has 0 unspecified atom stereocenters. The molecule has 0 aliphatic carbocycles. The Labute approximate surface area is 197 Å². The zero-order chi connectivity index (χ0) is 23.2. The van der Waals surface area contributed by atoms with E-state index in [1.807, 2.05) is 36.1 Å². The minimum absolute atomic E-state index is 0.0522. The van der Waals surface area contributed by atoms with Crippen LogP contribution in [0.25, 0.3) is 0 Å². The van der Waals surface area contributed by atoms with Crippen LogP contribution in [0.4, 0.5) is 0 Å². The Bertz CT molecular complexity index is 1060. The predicted octanol–water partition coefficient (Wildman–Crippen LogP) is 3.83. The molecule has 2 amide bonds. The van der Waals surface area contributed by atoms with Gasteiger partial charge >= 0.3 is 0 Å². The molecule has 1 aliphatic rings. The molecule has 0 spiro atoms. The van der Waals surface area contributed by atoms with Crippen molar-refractivity contribution < 1.29 is 23.5 Å². The van der Waals surface area contributed by atoms with E-state index in [1.54, 1.807) is 29.7 Å². The quantitative estimate of drug-likeness (QED) is 0.477. The third-order valence-corrected chi connectivity index (χ3v) is 6.71. The molecule has 2 aromatic heterocycles. The summed E-state index contributed by atoms with van der Waals surface area (Å²) in [4.78, 5) is 30.7. The van der Waals surface area contributed by atoms with Crippen molar-refractivity contribution in [3.63, 3.8) is 0 Å². The lowest BCUT2D eigenvalue weighted by Crippen LogP contribution is -2.48. The van der Waals surface area contributed by atoms with Gasteiger partial charge in [-0.2, -0.15) is 0 Å². The number of aryl methyl sites for hydroxylation is 1. The highest BCUT2D eigenvalue weighted by atomic mass is 32.1. The van der Waals surface area contributed by atoms with Crippen LogP contribution in [0.2, 0.25) is 0 Å². The van der Waals surface area contributed by atoms with E-state index in [9.17, 15) is 9.59 Å². The lowest BCUT2D eigenvalue weighted by Gasteiger charge is -2.37. The number of ether oxygens (including phenoxy) is 2. The maximum absolute atomic E-state index is 13.5. The summed E-state index contributed by atoms with van der Waals surface area (Å²) in [6.07, 6.45) is 2.35. The number of nitrogens with zero attached hydrogens (tertiary/aromatic N) is 2. The van der Waals surface area contributed by atoms with Crippen molar-refractivity contribution in [2.24, 2.45) is 0 Å². The fourth-order valence-electron chi connectivity index (χ4n) is 3.98. The van der Waals surface area contributed by atoms with Gasteiger partial charge in [0.05, 0.1) is 18.8 Å². The number of benzene rings is 1. The van der Waals surface area contributed by atoms with Gasteiger partial charge in [0, 0.05) is 18.5 Å². The summed E-state index contributed by atoms with van der Waals surface area (Å²) in [5, 5.41) is 2.06. The maximum Gasteiger partial charge on any atom is 0.249 e. The van der Waals surface area contributed by atoms with Crippen molar-refractivity contribution in [1.82, 2.24) is 9.80 Å². The molecule has 4 rings (SSSR count). The van der Waals surface area contributed by atoms with E-state index in [1.165, 1.54) is 16.9 Å². The van der Waals surface area contributed by atoms with E-state index in [0.29, 0.717) is 18.9 Å². The van der Waals surface area contributed by atoms with Gasteiger partial charge in [0.15, 0.2) is 0 Å². The summed E-state index contributed by atoms with van der Waals surface area (Å²) in [6.45, 7) is 3.03. The highest BCUT2D eigenvalue weighted by Gasteiger charge is 2.33. The van der Waals surface area contributed by atoms with Gasteiger partial charge in [-0.15, -0.1) is 11.3 Å². The molecule has 0 N–H and O–H groups in total. The van der Waals surface area contributed by atoms with Crippen molar-refractivity contribution >= 4 is 23.2 Å². The molecule has 7 nitrogen and oxygen atoms in total. The van der Waals surface area contributed by atoms with Gasteiger partial charge in [0.1, 0.15) is 31.3 Å². The lowest BCUT2D eigenvalue weighted by molar-refractivity contribution is -0.145. The second-order valence-corrected chi connectivity index (χ2v) is 9.04. The molecule has 1 atom stereocenters. The first-order valence-electron chi connectivity index (χ1n) is 10.9. The predicted molar refractivity (Wildman–Crippen MR) is 125 cm³/mol. The summed E-state index contributed by atoms with van der Waals surface area (Å²) in [6, 6.07) is 13.3. The molecule has 3 heterocycles. The van der Waals surface area contributed by atoms with Crippen molar-refractivity contribution in [2.75, 3.05) is 33.4 Å². The first-order chi connectivity index (χ1) is 16.0. The summed E-state index contributed by atoms with van der Waals surface area (Å²) >= 11 is 1.71. The fraction of sp³-hybridized carbons (Fsp3) is 0.360. The van der Waals surface area contributed by atoms with Crippen LogP contribution in [0, 0.1) is 6.92 Å². The Kier molecular flexibility index (Phi) is 7.47. The van der Waals surface area contributed by atoms with Crippen molar-refractivity contribution in [1.29, 1.82) is 0 Å². The summed E-state index contributed by atoms with van der Waals surface area (Å²) in [5.41, 5.74) is 2.28. The minimum Gasteiger partial charge on any atom is -0.491 e. The lowest BCUT2D eigenvalue weighted by atomic mass is 10.0. The maximum atomic E-state index is 13.5. The van der Waals surface area contributed by atoms with Gasteiger partial charge in [0.2, 0.25) is 11.8 Å². The fourth-order valence-corrected chi connectivity index (χ4v) is 4.90. The van der Waals surface area contributed by atoms with Crippen LogP contribution >= 0.6 is 11.3 Å². The second-order valence-electron chi connectivity index (χ2n) is 8.04. The number of hydrogen-bond acceptors (Lipinski definition) is 6. The second kappa shape index (κ2) is 10.7. The third-order valence-electron chi connectivity index (χ3n) is 5.72. The largest absolute Gasteiger partial charge is 0.491 e. The Morgan fingerprint density at radius 1 is 1.21 bits per heavy atom. The first kappa shape index (κ1) is 23.1. The van der Waals surface area contributed by atoms with E-state index < -0.39 is 0 Å². The van der Waals surface area contributed by atoms with Crippen LogP contribution in [0.15, 0.2) is 58.5 Å². The number of carbonyl (C=O) groups is 2. The van der Waals surface area contributed by atoms with Gasteiger partial charge in [0.25, 0.3) is 0 Å². The molecule has 0 bridgehead atoms. The molecule has 1 aliphatic heterocycles. The van der Waals surface area contributed by atoms with Crippen LogP contribution in [0.1, 0.15) is 27.8 Å². The topological polar surface area (TPSA) is 72.2 Å². The molecule has 0 saturated heterocycles. The number of carbonyl (C=O) groups excluding carboxylic acids is 2. The Morgan fingerprint density at radius 3 is 2.76 bits per heavy atom. The Hall–Kier alpha value is -3.10. The molecule has 8 heteroatoms. The van der Waals surface area contributed by atoms with Crippen molar-refractivity contribution in [3.8, 4) is 5.75 Å². The van der Waals surface area contributed by atoms with E-state index in [-0.39, 0.29) is 37.6 Å². The summed E-state index contributed by atoms with van der Waals surface area (Å²) in [5.74, 6) is 0.999. The molecule has 0 fully saturated rings. The van der Waals surface area contributed by atoms with Gasteiger partial charge in [-0.3, -0.25) is 9.59 Å². The highest BCUT2D eigenvalue weighted by molar-refractivity contribution is 7.10. The molecule has 0 radical (unpaired) electrons. The molecule has 174 valence electrons. The molecule has 1 aromatic carbocycles. The zero-order valence-electron chi connectivity index (χ0n) is 18.9. The van der Waals surface area contributed by atoms with Gasteiger partial charge in [-0.1, -0.05) is 17.7 Å². The van der Waals surface area contributed by atoms with Crippen LogP contribution in [-0.4, -0.2) is 55.0 Å². The van der Waals surface area contributed by atoms with Crippen LogP contribution in [-0.2, 0) is 27.3 Å². The number of fused-ring (bicyclic) bond motifs is 1.